The molecule has 0 fully saturated rings. The van der Waals surface area contributed by atoms with Crippen molar-refractivity contribution in [1.82, 2.24) is 0 Å². The SMILES string of the molecule is CCCCc1cc(C(C)(C)c2ccc(O)c(C(C)(C)C)c2)ccc1O. The van der Waals surface area contributed by atoms with Crippen LogP contribution in [-0.2, 0) is 17.3 Å². The van der Waals surface area contributed by atoms with Crippen LogP contribution in [0.1, 0.15) is 76.6 Å². The first-order valence-corrected chi connectivity index (χ1v) is 9.23. The Bertz CT molecular complexity index is 736. The molecule has 0 aliphatic heterocycles. The van der Waals surface area contributed by atoms with Crippen LogP contribution in [0.2, 0.25) is 0 Å². The van der Waals surface area contributed by atoms with E-state index >= 15 is 0 Å². The Morgan fingerprint density at radius 3 is 1.92 bits per heavy atom. The van der Waals surface area contributed by atoms with E-state index in [1.807, 2.05) is 18.2 Å². The number of phenols is 2. The molecule has 0 saturated heterocycles. The first kappa shape index (κ1) is 19.4. The molecule has 136 valence electrons. The van der Waals surface area contributed by atoms with E-state index in [9.17, 15) is 10.2 Å². The van der Waals surface area contributed by atoms with Gasteiger partial charge in [-0.25, -0.2) is 0 Å². The largest absolute Gasteiger partial charge is 0.508 e. The van der Waals surface area contributed by atoms with E-state index in [1.54, 1.807) is 6.07 Å². The first-order valence-electron chi connectivity index (χ1n) is 9.23. The third-order valence-electron chi connectivity index (χ3n) is 5.13. The summed E-state index contributed by atoms with van der Waals surface area (Å²) >= 11 is 0. The molecule has 2 rings (SSSR count). The van der Waals surface area contributed by atoms with Crippen molar-refractivity contribution in [2.45, 2.75) is 71.6 Å². The number of aromatic hydroxyl groups is 2. The molecule has 0 spiro atoms. The van der Waals surface area contributed by atoms with E-state index in [-0.39, 0.29) is 10.8 Å². The highest BCUT2D eigenvalue weighted by molar-refractivity contribution is 5.48. The lowest BCUT2D eigenvalue weighted by molar-refractivity contribution is 0.445. The lowest BCUT2D eigenvalue weighted by Gasteiger charge is -2.29. The number of benzene rings is 2. The number of unbranched alkanes of at least 4 members (excludes halogenated alkanes) is 1. The smallest absolute Gasteiger partial charge is 0.119 e. The molecular weight excluding hydrogens is 308 g/mol. The summed E-state index contributed by atoms with van der Waals surface area (Å²) in [4.78, 5) is 0. The van der Waals surface area contributed by atoms with Crippen molar-refractivity contribution in [1.29, 1.82) is 0 Å². The molecule has 0 amide bonds. The molecular formula is C23H32O2. The van der Waals surface area contributed by atoms with Gasteiger partial charge in [-0.3, -0.25) is 0 Å². The lowest BCUT2D eigenvalue weighted by Crippen LogP contribution is -2.21. The molecule has 2 N–H and O–H groups in total. The van der Waals surface area contributed by atoms with Crippen molar-refractivity contribution >= 4 is 0 Å². The van der Waals surface area contributed by atoms with E-state index < -0.39 is 0 Å². The summed E-state index contributed by atoms with van der Waals surface area (Å²) in [5.74, 6) is 0.732. The van der Waals surface area contributed by atoms with Gasteiger partial charge >= 0.3 is 0 Å². The molecule has 2 aromatic rings. The van der Waals surface area contributed by atoms with Gasteiger partial charge < -0.3 is 10.2 Å². The molecule has 0 unspecified atom stereocenters. The molecule has 0 atom stereocenters. The van der Waals surface area contributed by atoms with Gasteiger partial charge in [-0.05, 0) is 52.6 Å². The fourth-order valence-electron chi connectivity index (χ4n) is 3.23. The average Bonchev–Trinajstić information content (AvgIpc) is 2.53. The minimum absolute atomic E-state index is 0.114. The van der Waals surface area contributed by atoms with Crippen molar-refractivity contribution in [3.05, 3.63) is 58.7 Å². The fourth-order valence-corrected chi connectivity index (χ4v) is 3.23. The van der Waals surface area contributed by atoms with E-state index in [0.717, 1.165) is 30.4 Å². The van der Waals surface area contributed by atoms with Crippen molar-refractivity contribution in [3.63, 3.8) is 0 Å². The first-order chi connectivity index (χ1) is 11.6. The van der Waals surface area contributed by atoms with Gasteiger partial charge in [0.25, 0.3) is 0 Å². The third kappa shape index (κ3) is 4.18. The molecule has 0 aliphatic rings. The van der Waals surface area contributed by atoms with Gasteiger partial charge in [0.05, 0.1) is 0 Å². The van der Waals surface area contributed by atoms with Crippen LogP contribution in [0.5, 0.6) is 11.5 Å². The summed E-state index contributed by atoms with van der Waals surface area (Å²) in [5, 5.41) is 20.4. The Morgan fingerprint density at radius 2 is 1.36 bits per heavy atom. The van der Waals surface area contributed by atoms with E-state index in [4.69, 9.17) is 0 Å². The van der Waals surface area contributed by atoms with Gasteiger partial charge in [-0.1, -0.05) is 72.2 Å². The highest BCUT2D eigenvalue weighted by Crippen LogP contribution is 2.38. The standard InChI is InChI=1S/C23H32O2/c1-7-8-9-16-14-17(10-12-20(16)24)23(5,6)18-11-13-21(25)19(15-18)22(2,3)4/h10-15,24-25H,7-9H2,1-6H3. The van der Waals surface area contributed by atoms with Gasteiger partial charge in [-0.15, -0.1) is 0 Å². The minimum Gasteiger partial charge on any atom is -0.508 e. The Morgan fingerprint density at radius 1 is 0.800 bits per heavy atom. The molecule has 2 aromatic carbocycles. The van der Waals surface area contributed by atoms with Crippen molar-refractivity contribution < 1.29 is 10.2 Å². The summed E-state index contributed by atoms with van der Waals surface area (Å²) in [6.07, 6.45) is 3.08. The van der Waals surface area contributed by atoms with Crippen LogP contribution < -0.4 is 0 Å². The van der Waals surface area contributed by atoms with Crippen LogP contribution in [0.3, 0.4) is 0 Å². The molecule has 0 aromatic heterocycles. The zero-order valence-corrected chi connectivity index (χ0v) is 16.5. The molecule has 0 radical (unpaired) electrons. The van der Waals surface area contributed by atoms with Crippen LogP contribution in [0.4, 0.5) is 0 Å². The Labute approximate surface area is 152 Å². The second-order valence-electron chi connectivity index (χ2n) is 8.55. The fraction of sp³-hybridized carbons (Fsp3) is 0.478. The quantitative estimate of drug-likeness (QED) is 0.694. The molecule has 2 nitrogen and oxygen atoms in total. The van der Waals surface area contributed by atoms with Gasteiger partial charge in [0.1, 0.15) is 11.5 Å². The van der Waals surface area contributed by atoms with Crippen molar-refractivity contribution in [3.8, 4) is 11.5 Å². The maximum atomic E-state index is 10.3. The molecule has 0 bridgehead atoms. The summed E-state index contributed by atoms with van der Waals surface area (Å²) in [6.45, 7) is 12.9. The maximum absolute atomic E-state index is 10.3. The number of aryl methyl sites for hydroxylation is 1. The van der Waals surface area contributed by atoms with E-state index in [0.29, 0.717) is 11.5 Å². The number of hydrogen-bond donors (Lipinski definition) is 2. The van der Waals surface area contributed by atoms with Gasteiger partial charge in [0.2, 0.25) is 0 Å². The Kier molecular flexibility index (Phi) is 5.51. The number of rotatable bonds is 5. The van der Waals surface area contributed by atoms with Crippen LogP contribution in [0.25, 0.3) is 0 Å². The van der Waals surface area contributed by atoms with E-state index in [1.165, 1.54) is 11.1 Å². The van der Waals surface area contributed by atoms with Gasteiger partial charge in [0, 0.05) is 5.41 Å². The molecule has 25 heavy (non-hydrogen) atoms. The number of phenolic OH excluding ortho intramolecular Hbond substituents is 2. The predicted molar refractivity (Wildman–Crippen MR) is 106 cm³/mol. The Balaban J connectivity index is 2.48. The summed E-state index contributed by atoms with van der Waals surface area (Å²) in [5.41, 5.74) is 4.01. The van der Waals surface area contributed by atoms with Gasteiger partial charge in [0.15, 0.2) is 0 Å². The van der Waals surface area contributed by atoms with Crippen molar-refractivity contribution in [2.75, 3.05) is 0 Å². The highest BCUT2D eigenvalue weighted by atomic mass is 16.3. The molecule has 2 heteroatoms. The summed E-state index contributed by atoms with van der Waals surface area (Å²) < 4.78 is 0. The minimum atomic E-state index is -0.206. The van der Waals surface area contributed by atoms with Crippen molar-refractivity contribution in [2.24, 2.45) is 0 Å². The predicted octanol–water partition coefficient (Wildman–Crippen LogP) is 6.06. The Hall–Kier alpha value is -1.96. The summed E-state index contributed by atoms with van der Waals surface area (Å²) in [7, 11) is 0. The normalized spacial score (nSPS) is 12.4. The van der Waals surface area contributed by atoms with Crippen LogP contribution in [-0.4, -0.2) is 10.2 Å². The molecule has 0 aliphatic carbocycles. The maximum Gasteiger partial charge on any atom is 0.119 e. The van der Waals surface area contributed by atoms with Crippen LogP contribution >= 0.6 is 0 Å². The second-order valence-corrected chi connectivity index (χ2v) is 8.55. The molecule has 0 heterocycles. The highest BCUT2D eigenvalue weighted by Gasteiger charge is 2.27. The van der Waals surface area contributed by atoms with Gasteiger partial charge in [-0.2, -0.15) is 0 Å². The van der Waals surface area contributed by atoms with Crippen LogP contribution in [0, 0.1) is 0 Å². The lowest BCUT2D eigenvalue weighted by atomic mass is 9.75. The number of hydrogen-bond acceptors (Lipinski definition) is 2. The van der Waals surface area contributed by atoms with E-state index in [2.05, 4.69) is 53.7 Å². The zero-order chi connectivity index (χ0) is 18.8. The average molecular weight is 341 g/mol. The monoisotopic (exact) mass is 340 g/mol. The third-order valence-corrected chi connectivity index (χ3v) is 5.13. The summed E-state index contributed by atoms with van der Waals surface area (Å²) in [6, 6.07) is 11.9. The molecule has 0 saturated carbocycles. The second kappa shape index (κ2) is 7.11. The van der Waals surface area contributed by atoms with Crippen LogP contribution in [0.15, 0.2) is 36.4 Å². The zero-order valence-electron chi connectivity index (χ0n) is 16.5. The topological polar surface area (TPSA) is 40.5 Å².